The van der Waals surface area contributed by atoms with Crippen molar-refractivity contribution in [2.45, 2.75) is 39.0 Å². The molecular formula is C14H19ClN2O2S. The minimum absolute atomic E-state index is 0.173. The number of nitrogens with one attached hydrogen (secondary N) is 1. The van der Waals surface area contributed by atoms with Crippen LogP contribution in [0.5, 0.6) is 0 Å². The molecule has 0 unspecified atom stereocenters. The van der Waals surface area contributed by atoms with Crippen LogP contribution in [0, 0.1) is 5.92 Å². The monoisotopic (exact) mass is 314 g/mol. The number of nitrogens with two attached hydrogens (primary N) is 1. The van der Waals surface area contributed by atoms with E-state index < -0.39 is 5.91 Å². The van der Waals surface area contributed by atoms with E-state index in [1.54, 1.807) is 0 Å². The van der Waals surface area contributed by atoms with Crippen molar-refractivity contribution in [1.29, 1.82) is 0 Å². The highest BCUT2D eigenvalue weighted by atomic mass is 35.5. The Morgan fingerprint density at radius 3 is 2.85 bits per heavy atom. The number of carbonyl (C=O) groups excluding carboxylic acids is 2. The fourth-order valence-electron chi connectivity index (χ4n) is 2.63. The first kappa shape index (κ1) is 15.3. The van der Waals surface area contributed by atoms with Gasteiger partial charge in [0.25, 0.3) is 5.91 Å². The van der Waals surface area contributed by atoms with Gasteiger partial charge in [-0.3, -0.25) is 9.59 Å². The van der Waals surface area contributed by atoms with Crippen molar-refractivity contribution in [3.8, 4) is 0 Å². The summed E-state index contributed by atoms with van der Waals surface area (Å²) in [5.41, 5.74) is 7.03. The first-order valence-electron chi connectivity index (χ1n) is 6.86. The number of fused-ring (bicyclic) bond motifs is 1. The zero-order chi connectivity index (χ0) is 14.7. The molecule has 1 aromatic heterocycles. The van der Waals surface area contributed by atoms with E-state index in [0.29, 0.717) is 16.5 Å². The van der Waals surface area contributed by atoms with Crippen LogP contribution in [0.4, 0.5) is 5.00 Å². The van der Waals surface area contributed by atoms with E-state index in [0.717, 1.165) is 31.2 Å². The topological polar surface area (TPSA) is 72.2 Å². The van der Waals surface area contributed by atoms with Gasteiger partial charge in [0.2, 0.25) is 5.91 Å². The summed E-state index contributed by atoms with van der Waals surface area (Å²) in [5.74, 6) is 0.292. The average molecular weight is 315 g/mol. The molecule has 1 aliphatic rings. The van der Waals surface area contributed by atoms with Crippen molar-refractivity contribution < 1.29 is 9.59 Å². The number of hydrogen-bond acceptors (Lipinski definition) is 3. The molecule has 2 amide bonds. The molecule has 0 spiro atoms. The van der Waals surface area contributed by atoms with Gasteiger partial charge in [-0.1, -0.05) is 13.3 Å². The molecule has 0 aromatic carbocycles. The second-order valence-electron chi connectivity index (χ2n) is 5.08. The normalized spacial score (nSPS) is 17.6. The van der Waals surface area contributed by atoms with E-state index in [-0.39, 0.29) is 18.2 Å². The Labute approximate surface area is 127 Å². The van der Waals surface area contributed by atoms with E-state index in [4.69, 9.17) is 17.3 Å². The van der Waals surface area contributed by atoms with Crippen molar-refractivity contribution in [1.82, 2.24) is 0 Å². The van der Waals surface area contributed by atoms with Gasteiger partial charge in [0.1, 0.15) is 5.00 Å². The molecule has 110 valence electrons. The number of alkyl halides is 1. The van der Waals surface area contributed by atoms with Crippen molar-refractivity contribution in [3.05, 3.63) is 16.0 Å². The van der Waals surface area contributed by atoms with Gasteiger partial charge in [-0.25, -0.2) is 0 Å². The SMILES string of the molecule is CC[C@H]1CCc2c(sc(NC(=O)CCCl)c2C(N)=O)C1. The summed E-state index contributed by atoms with van der Waals surface area (Å²) in [4.78, 5) is 24.6. The lowest BCUT2D eigenvalue weighted by Gasteiger charge is -2.20. The molecule has 4 nitrogen and oxygen atoms in total. The maximum atomic E-state index is 11.7. The highest BCUT2D eigenvalue weighted by Gasteiger charge is 2.27. The third-order valence-electron chi connectivity index (χ3n) is 3.77. The van der Waals surface area contributed by atoms with Gasteiger partial charge in [0, 0.05) is 17.2 Å². The van der Waals surface area contributed by atoms with Crippen LogP contribution in [0.1, 0.15) is 47.0 Å². The molecule has 2 rings (SSSR count). The van der Waals surface area contributed by atoms with Crippen molar-refractivity contribution in [2.24, 2.45) is 11.7 Å². The van der Waals surface area contributed by atoms with Crippen LogP contribution < -0.4 is 11.1 Å². The van der Waals surface area contributed by atoms with Crippen molar-refractivity contribution in [2.75, 3.05) is 11.2 Å². The average Bonchev–Trinajstić information content (AvgIpc) is 2.75. The van der Waals surface area contributed by atoms with Crippen LogP contribution in [0.2, 0.25) is 0 Å². The van der Waals surface area contributed by atoms with E-state index in [1.807, 2.05) is 0 Å². The Hall–Kier alpha value is -1.07. The summed E-state index contributed by atoms with van der Waals surface area (Å²) in [6.45, 7) is 2.18. The molecule has 1 aromatic rings. The van der Waals surface area contributed by atoms with Crippen LogP contribution >= 0.6 is 22.9 Å². The molecule has 0 saturated heterocycles. The second-order valence-corrected chi connectivity index (χ2v) is 6.56. The van der Waals surface area contributed by atoms with Gasteiger partial charge in [0.05, 0.1) is 5.56 Å². The van der Waals surface area contributed by atoms with Gasteiger partial charge in [-0.15, -0.1) is 22.9 Å². The molecule has 0 radical (unpaired) electrons. The summed E-state index contributed by atoms with van der Waals surface area (Å²) in [6, 6.07) is 0. The number of amides is 2. The zero-order valence-electron chi connectivity index (χ0n) is 11.5. The van der Waals surface area contributed by atoms with Gasteiger partial charge in [-0.2, -0.15) is 0 Å². The van der Waals surface area contributed by atoms with Crippen molar-refractivity contribution in [3.63, 3.8) is 0 Å². The van der Waals surface area contributed by atoms with Crippen LogP contribution in [0.3, 0.4) is 0 Å². The smallest absolute Gasteiger partial charge is 0.251 e. The van der Waals surface area contributed by atoms with E-state index >= 15 is 0 Å². The molecule has 1 aliphatic carbocycles. The molecule has 0 fully saturated rings. The molecule has 0 bridgehead atoms. The quantitative estimate of drug-likeness (QED) is 0.820. The largest absolute Gasteiger partial charge is 0.365 e. The number of carbonyl (C=O) groups is 2. The molecule has 1 atom stereocenters. The lowest BCUT2D eigenvalue weighted by Crippen LogP contribution is -2.19. The molecule has 6 heteroatoms. The summed E-state index contributed by atoms with van der Waals surface area (Å²) in [7, 11) is 0. The fraction of sp³-hybridized carbons (Fsp3) is 0.571. The Morgan fingerprint density at radius 2 is 2.25 bits per heavy atom. The first-order valence-corrected chi connectivity index (χ1v) is 8.22. The number of thiophene rings is 1. The minimum atomic E-state index is -0.460. The lowest BCUT2D eigenvalue weighted by molar-refractivity contribution is -0.115. The fourth-order valence-corrected chi connectivity index (χ4v) is 4.18. The predicted molar refractivity (Wildman–Crippen MR) is 82.6 cm³/mol. The Balaban J connectivity index is 2.30. The van der Waals surface area contributed by atoms with Gasteiger partial charge >= 0.3 is 0 Å². The van der Waals surface area contributed by atoms with Gasteiger partial charge in [-0.05, 0) is 30.7 Å². The summed E-state index contributed by atoms with van der Waals surface area (Å²) < 4.78 is 0. The zero-order valence-corrected chi connectivity index (χ0v) is 13.1. The van der Waals surface area contributed by atoms with Crippen LogP contribution in [-0.4, -0.2) is 17.7 Å². The third kappa shape index (κ3) is 3.15. The summed E-state index contributed by atoms with van der Waals surface area (Å²) >= 11 is 7.04. The maximum absolute atomic E-state index is 11.7. The molecule has 0 saturated carbocycles. The first-order chi connectivity index (χ1) is 9.56. The summed E-state index contributed by atoms with van der Waals surface area (Å²) in [5, 5.41) is 3.37. The third-order valence-corrected chi connectivity index (χ3v) is 5.12. The Kier molecular flexibility index (Phi) is 5.05. The Bertz CT molecular complexity index is 527. The molecule has 20 heavy (non-hydrogen) atoms. The number of primary amides is 1. The molecule has 3 N–H and O–H groups in total. The van der Waals surface area contributed by atoms with Gasteiger partial charge < -0.3 is 11.1 Å². The predicted octanol–water partition coefficient (Wildman–Crippen LogP) is 2.93. The number of rotatable bonds is 5. The van der Waals surface area contributed by atoms with E-state index in [9.17, 15) is 9.59 Å². The van der Waals surface area contributed by atoms with Crippen LogP contribution in [0.25, 0.3) is 0 Å². The number of halogens is 1. The highest BCUT2D eigenvalue weighted by Crippen LogP contribution is 2.40. The summed E-state index contributed by atoms with van der Waals surface area (Å²) in [6.07, 6.45) is 4.29. The Morgan fingerprint density at radius 1 is 1.50 bits per heavy atom. The number of hydrogen-bond donors (Lipinski definition) is 2. The van der Waals surface area contributed by atoms with Crippen LogP contribution in [-0.2, 0) is 17.6 Å². The number of anilines is 1. The lowest BCUT2D eigenvalue weighted by atomic mass is 9.85. The second kappa shape index (κ2) is 6.59. The molecular weight excluding hydrogens is 296 g/mol. The highest BCUT2D eigenvalue weighted by molar-refractivity contribution is 7.17. The van der Waals surface area contributed by atoms with E-state index in [2.05, 4.69) is 12.2 Å². The van der Waals surface area contributed by atoms with Crippen molar-refractivity contribution >= 4 is 39.8 Å². The minimum Gasteiger partial charge on any atom is -0.365 e. The van der Waals surface area contributed by atoms with E-state index in [1.165, 1.54) is 16.2 Å². The molecule has 1 heterocycles. The van der Waals surface area contributed by atoms with Gasteiger partial charge in [0.15, 0.2) is 0 Å². The molecule has 0 aliphatic heterocycles. The maximum Gasteiger partial charge on any atom is 0.251 e. The standard InChI is InChI=1S/C14H19ClN2O2S/c1-2-8-3-4-9-10(7-8)20-14(12(9)13(16)19)17-11(18)5-6-15/h8H,2-7H2,1H3,(H2,16,19)(H,17,18)/t8-/m0/s1. The van der Waals surface area contributed by atoms with Crippen LogP contribution in [0.15, 0.2) is 0 Å².